The van der Waals surface area contributed by atoms with Gasteiger partial charge < -0.3 is 0 Å². The normalized spacial score (nSPS) is 27.0. The Kier molecular flexibility index (Phi) is 16.8. The first kappa shape index (κ1) is 63.0. The largest absolute Gasteiger partial charge is 0.101 e. The first-order valence-electron chi connectivity index (χ1n) is 29.0. The summed E-state index contributed by atoms with van der Waals surface area (Å²) < 4.78 is 0. The van der Waals surface area contributed by atoms with Crippen molar-refractivity contribution in [2.75, 3.05) is 0 Å². The fourth-order valence-electron chi connectivity index (χ4n) is 20.8. The van der Waals surface area contributed by atoms with E-state index in [9.17, 15) is 0 Å². The average molecular weight is 1070 g/mol. The van der Waals surface area contributed by atoms with E-state index in [-0.39, 0.29) is 0 Å². The second-order valence-electron chi connectivity index (χ2n) is 32.2. The summed E-state index contributed by atoms with van der Waals surface area (Å²) in [6.07, 6.45) is 10.7. The van der Waals surface area contributed by atoms with E-state index in [0.29, 0.717) is 40.3 Å². The van der Waals surface area contributed by atoms with E-state index in [2.05, 4.69) is 289 Å². The van der Waals surface area contributed by atoms with Crippen molar-refractivity contribution < 1.29 is 0 Å². The van der Waals surface area contributed by atoms with Gasteiger partial charge in [-0.25, -0.2) is 0 Å². The molecule has 4 aliphatic rings. The Morgan fingerprint density at radius 3 is 0.324 bits per heavy atom. The molecular formula is C60H124Si8. The number of hydrogen-bond acceptors (Lipinski definition) is 0. The van der Waals surface area contributed by atoms with Gasteiger partial charge in [0.1, 0.15) is 28.4 Å². The van der Waals surface area contributed by atoms with Crippen LogP contribution in [0, 0.1) is 0 Å². The van der Waals surface area contributed by atoms with Crippen molar-refractivity contribution in [2.45, 2.75) is 339 Å². The minimum atomic E-state index is -1.78. The maximum atomic E-state index is 2.95. The van der Waals surface area contributed by atoms with Crippen molar-refractivity contribution in [1.82, 2.24) is 0 Å². The third-order valence-corrected chi connectivity index (χ3v) is 163. The number of hydrogen-bond donors (Lipinski definition) is 0. The predicted octanol–water partition coefficient (Wildman–Crippen LogP) is 21.8. The van der Waals surface area contributed by atoms with E-state index >= 15 is 0 Å². The van der Waals surface area contributed by atoms with Crippen LogP contribution in [0.2, 0.25) is 66.5 Å². The van der Waals surface area contributed by atoms with Crippen LogP contribution in [-0.4, -0.2) is 58.8 Å². The molecular weight excluding hydrogens is 945 g/mol. The number of allylic oxidation sites excluding steroid dienone is 8. The molecule has 0 nitrogen and oxygen atoms in total. The van der Waals surface area contributed by atoms with E-state index in [1.54, 1.807) is 0 Å². The predicted molar refractivity (Wildman–Crippen MR) is 338 cm³/mol. The van der Waals surface area contributed by atoms with Gasteiger partial charge in [-0.3, -0.25) is 0 Å². The molecule has 0 saturated carbocycles. The number of fused-ring (bicyclic) bond motifs is 2. The van der Waals surface area contributed by atoms with Crippen LogP contribution in [0.3, 0.4) is 0 Å². The highest BCUT2D eigenvalue weighted by molar-refractivity contribution is 7.97. The monoisotopic (exact) mass is 1070 g/mol. The molecule has 396 valence electrons. The van der Waals surface area contributed by atoms with Crippen LogP contribution in [0.1, 0.15) is 273 Å². The Balaban J connectivity index is 0.000000360. The Morgan fingerprint density at radius 2 is 0.279 bits per heavy atom. The molecule has 0 aromatic heterocycles. The Morgan fingerprint density at radius 1 is 0.206 bits per heavy atom. The minimum absolute atomic E-state index is 0.417. The topological polar surface area (TPSA) is 0 Å². The van der Waals surface area contributed by atoms with Crippen LogP contribution in [-0.2, 0) is 0 Å². The van der Waals surface area contributed by atoms with Gasteiger partial charge in [-0.05, 0) is 91.7 Å². The summed E-state index contributed by atoms with van der Waals surface area (Å²) in [6, 6.07) is 0. The van der Waals surface area contributed by atoms with Crippen molar-refractivity contribution in [3.05, 3.63) is 41.6 Å². The summed E-state index contributed by atoms with van der Waals surface area (Å²) in [5.41, 5.74) is 0. The van der Waals surface area contributed by atoms with Crippen LogP contribution >= 0.6 is 0 Å². The standard InChI is InChI=1S/2C30H62Si4/c2*1-19-23-24(20-2)34(32(18,29(11,12)13)30(14,15)16)26(22-4)25(21-3)33(23,34)31(17,27(5,6)7)28(8,9)10/h2*19-22H2,1-18H3. The Bertz CT molecular complexity index is 1640. The summed E-state index contributed by atoms with van der Waals surface area (Å²) in [5, 5.41) is 20.1. The lowest BCUT2D eigenvalue weighted by Crippen LogP contribution is -3.01. The van der Waals surface area contributed by atoms with Crippen molar-refractivity contribution in [1.29, 1.82) is 0 Å². The second-order valence-corrected chi connectivity index (χ2v) is 100.0. The molecule has 0 amide bonds. The maximum absolute atomic E-state index is 2.95. The van der Waals surface area contributed by atoms with Crippen molar-refractivity contribution in [3.63, 3.8) is 0 Å². The highest BCUT2D eigenvalue weighted by Gasteiger charge is 2.91. The fraction of sp³-hybridized carbons (Fsp3) is 0.867. The molecule has 68 heavy (non-hydrogen) atoms. The third-order valence-electron chi connectivity index (χ3n) is 24.0. The molecule has 8 heteroatoms. The zero-order valence-electron chi connectivity index (χ0n) is 53.7. The summed E-state index contributed by atoms with van der Waals surface area (Å²) in [6.45, 7) is 96.3. The maximum Gasteiger partial charge on any atom is 0.101 e. The molecule has 4 heterocycles. The molecule has 0 bridgehead atoms. The smallest absolute Gasteiger partial charge is 0.0852 e. The van der Waals surface area contributed by atoms with Gasteiger partial charge in [-0.15, -0.1) is 0 Å². The average Bonchev–Trinajstić information content (AvgIpc) is 3.13. The third kappa shape index (κ3) is 6.74. The summed E-state index contributed by atoms with van der Waals surface area (Å²) in [7, 11) is -14.2. The zero-order valence-corrected chi connectivity index (χ0v) is 61.7. The SMILES string of the molecule is CCC1=C(CC)[Si]2([Si](C)(C(C)(C)C)C(C)(C)C)C(CC)=C(CC)[Si]12[Si](C)(C(C)(C)C)C(C)(C)C.CCC1=C(CC)[Si]2([Si](C)(C(C)(C)C)C(C)(C)C)C(CC)=C(CC)[Si]12[Si](C)(C(C)(C)C)C(C)(C)C. The van der Waals surface area contributed by atoms with Gasteiger partial charge in [0.2, 0.25) is 0 Å². The van der Waals surface area contributed by atoms with E-state index in [1.165, 1.54) is 51.4 Å². The first-order chi connectivity index (χ1) is 30.1. The lowest BCUT2D eigenvalue weighted by molar-refractivity contribution is 0.628. The summed E-state index contributed by atoms with van der Waals surface area (Å²) in [5.74, 6) is 0. The highest BCUT2D eigenvalue weighted by Crippen LogP contribution is 2.80. The van der Waals surface area contributed by atoms with Crippen molar-refractivity contribution >= 4 is 58.8 Å². The van der Waals surface area contributed by atoms with Gasteiger partial charge in [0, 0.05) is 0 Å². The molecule has 0 saturated heterocycles. The molecule has 0 spiro atoms. The quantitative estimate of drug-likeness (QED) is 0.171. The number of rotatable bonds is 12. The molecule has 0 radical (unpaired) electrons. The molecule has 0 atom stereocenters. The lowest BCUT2D eigenvalue weighted by atomic mass is 10.2. The van der Waals surface area contributed by atoms with Crippen LogP contribution in [0.15, 0.2) is 41.6 Å². The minimum Gasteiger partial charge on any atom is -0.0852 e. The molecule has 4 rings (SSSR count). The lowest BCUT2D eigenvalue weighted by Gasteiger charge is -2.84. The van der Waals surface area contributed by atoms with E-state index in [4.69, 9.17) is 0 Å². The van der Waals surface area contributed by atoms with Crippen LogP contribution in [0.5, 0.6) is 0 Å². The molecule has 4 aliphatic heterocycles. The molecule has 0 N–H and O–H groups in total. The van der Waals surface area contributed by atoms with Crippen molar-refractivity contribution in [2.24, 2.45) is 0 Å². The van der Waals surface area contributed by atoms with E-state index in [0.717, 1.165) is 0 Å². The summed E-state index contributed by atoms with van der Waals surface area (Å²) in [4.78, 5) is 0. The van der Waals surface area contributed by atoms with Crippen molar-refractivity contribution in [3.8, 4) is 0 Å². The molecule has 0 aromatic rings. The Hall–Kier alpha value is 0.695. The van der Waals surface area contributed by atoms with Crippen LogP contribution < -0.4 is 0 Å². The first-order valence-corrected chi connectivity index (χ1v) is 53.0. The van der Waals surface area contributed by atoms with E-state index in [1.807, 2.05) is 0 Å². The second kappa shape index (κ2) is 18.2. The zero-order chi connectivity index (χ0) is 54.3. The fourth-order valence-corrected chi connectivity index (χ4v) is 234. The Labute approximate surface area is 436 Å². The van der Waals surface area contributed by atoms with Gasteiger partial charge in [-0.2, -0.15) is 0 Å². The van der Waals surface area contributed by atoms with E-state index < -0.39 is 58.8 Å². The van der Waals surface area contributed by atoms with Gasteiger partial charge in [0.05, 0.1) is 30.4 Å². The molecule has 0 unspecified atom stereocenters. The van der Waals surface area contributed by atoms with Gasteiger partial charge >= 0.3 is 0 Å². The van der Waals surface area contributed by atoms with Gasteiger partial charge in [0.15, 0.2) is 0 Å². The molecule has 0 aliphatic carbocycles. The van der Waals surface area contributed by atoms with Gasteiger partial charge in [0.25, 0.3) is 0 Å². The summed E-state index contributed by atoms with van der Waals surface area (Å²) >= 11 is 0. The van der Waals surface area contributed by atoms with Crippen LogP contribution in [0.4, 0.5) is 0 Å². The van der Waals surface area contributed by atoms with Crippen LogP contribution in [0.25, 0.3) is 0 Å². The molecule has 0 aromatic carbocycles. The molecule has 0 fully saturated rings. The highest BCUT2D eigenvalue weighted by atomic mass is 29.8. The van der Waals surface area contributed by atoms with Gasteiger partial charge in [-0.1, -0.05) is 289 Å².